The summed E-state index contributed by atoms with van der Waals surface area (Å²) in [5.41, 5.74) is 8.23. The molecule has 8 heteroatoms. The van der Waals surface area contributed by atoms with Crippen molar-refractivity contribution in [2.45, 2.75) is 44.1 Å². The van der Waals surface area contributed by atoms with Gasteiger partial charge in [-0.1, -0.05) is 6.42 Å². The monoisotopic (exact) mass is 427 g/mol. The second-order valence-corrected chi connectivity index (χ2v) is 9.28. The summed E-state index contributed by atoms with van der Waals surface area (Å²) in [5.74, 6) is 3.06. The summed E-state index contributed by atoms with van der Waals surface area (Å²) in [4.78, 5) is 21.3. The number of aromatic nitrogens is 1. The van der Waals surface area contributed by atoms with Crippen LogP contribution in [0.2, 0.25) is 0 Å². The number of hydrogen-bond acceptors (Lipinski definition) is 7. The number of carbonyl (C=O) groups excluding carboxylic acids is 1. The molecule has 1 amide bonds. The second-order valence-electron chi connectivity index (χ2n) is 8.20. The lowest BCUT2D eigenvalue weighted by Crippen LogP contribution is -2.42. The van der Waals surface area contributed by atoms with Crippen LogP contribution in [-0.4, -0.2) is 64.5 Å². The number of benzene rings is 1. The largest absolute Gasteiger partial charge is 0.440 e. The van der Waals surface area contributed by atoms with Gasteiger partial charge in [-0.25, -0.2) is 4.98 Å². The van der Waals surface area contributed by atoms with Gasteiger partial charge in [-0.2, -0.15) is 5.26 Å². The number of nitrogens with two attached hydrogens (primary N) is 1. The van der Waals surface area contributed by atoms with E-state index in [1.54, 1.807) is 23.9 Å². The summed E-state index contributed by atoms with van der Waals surface area (Å²) in [7, 11) is 0. The molecule has 0 spiro atoms. The zero-order valence-corrected chi connectivity index (χ0v) is 18.1. The molecule has 0 radical (unpaired) electrons. The molecule has 2 aromatic rings. The Hall–Kier alpha value is -2.08. The van der Waals surface area contributed by atoms with Crippen LogP contribution in [0.15, 0.2) is 22.6 Å². The van der Waals surface area contributed by atoms with Crippen LogP contribution < -0.4 is 5.73 Å². The lowest BCUT2D eigenvalue weighted by atomic mass is 9.96. The van der Waals surface area contributed by atoms with Gasteiger partial charge in [-0.05, 0) is 63.5 Å². The van der Waals surface area contributed by atoms with Crippen molar-refractivity contribution < 1.29 is 9.21 Å². The van der Waals surface area contributed by atoms with Crippen molar-refractivity contribution in [1.29, 1.82) is 5.26 Å². The van der Waals surface area contributed by atoms with E-state index >= 15 is 0 Å². The summed E-state index contributed by atoms with van der Waals surface area (Å²) in [6, 6.07) is 7.18. The van der Waals surface area contributed by atoms with E-state index in [9.17, 15) is 4.79 Å². The number of nitrogens with zero attached hydrogens (tertiary/aromatic N) is 4. The first-order valence-electron chi connectivity index (χ1n) is 10.8. The molecular formula is C22H29N5O2S. The number of thioether (sulfide) groups is 1. The molecule has 30 heavy (non-hydrogen) atoms. The topological polar surface area (TPSA) is 99.4 Å². The van der Waals surface area contributed by atoms with Crippen molar-refractivity contribution >= 4 is 28.8 Å². The summed E-state index contributed by atoms with van der Waals surface area (Å²) < 4.78 is 5.94. The van der Waals surface area contributed by atoms with Crippen molar-refractivity contribution in [2.24, 2.45) is 5.73 Å². The Morgan fingerprint density at radius 2 is 2.17 bits per heavy atom. The van der Waals surface area contributed by atoms with Crippen LogP contribution in [0.5, 0.6) is 0 Å². The number of oxazole rings is 1. The van der Waals surface area contributed by atoms with Gasteiger partial charge in [0.15, 0.2) is 11.5 Å². The highest BCUT2D eigenvalue weighted by Gasteiger charge is 2.25. The molecule has 2 aliphatic rings. The minimum Gasteiger partial charge on any atom is -0.440 e. The van der Waals surface area contributed by atoms with Crippen LogP contribution in [0.1, 0.15) is 49.5 Å². The van der Waals surface area contributed by atoms with Gasteiger partial charge in [0.1, 0.15) is 5.52 Å². The van der Waals surface area contributed by atoms with Crippen molar-refractivity contribution in [2.75, 3.05) is 37.8 Å². The average Bonchev–Trinajstić information content (AvgIpc) is 3.46. The Morgan fingerprint density at radius 1 is 1.33 bits per heavy atom. The lowest BCUT2D eigenvalue weighted by Gasteiger charge is -2.30. The Kier molecular flexibility index (Phi) is 6.93. The maximum absolute atomic E-state index is 12.3. The van der Waals surface area contributed by atoms with Crippen molar-refractivity contribution in [3.05, 3.63) is 29.7 Å². The fraction of sp³-hybridized carbons (Fsp3) is 0.591. The molecule has 2 saturated heterocycles. The summed E-state index contributed by atoms with van der Waals surface area (Å²) in [5, 5.41) is 9.04. The number of hydrogen-bond donors (Lipinski definition) is 1. The molecule has 2 fully saturated rings. The average molecular weight is 428 g/mol. The third kappa shape index (κ3) is 4.97. The molecule has 4 rings (SSSR count). The molecule has 1 atom stereocenters. The van der Waals surface area contributed by atoms with Gasteiger partial charge in [-0.3, -0.25) is 4.79 Å². The van der Waals surface area contributed by atoms with Crippen molar-refractivity contribution in [1.82, 2.24) is 14.8 Å². The smallest absolute Gasteiger partial charge is 0.240 e. The number of carbonyl (C=O) groups is 1. The van der Waals surface area contributed by atoms with Crippen LogP contribution in [0.4, 0.5) is 0 Å². The quantitative estimate of drug-likeness (QED) is 0.678. The van der Waals surface area contributed by atoms with E-state index in [1.807, 2.05) is 11.0 Å². The molecule has 2 N–H and O–H groups in total. The zero-order valence-electron chi connectivity index (χ0n) is 17.3. The van der Waals surface area contributed by atoms with Crippen LogP contribution in [0.3, 0.4) is 0 Å². The van der Waals surface area contributed by atoms with Crippen LogP contribution >= 0.6 is 11.8 Å². The van der Waals surface area contributed by atoms with Crippen molar-refractivity contribution in [3.8, 4) is 6.07 Å². The number of piperidine rings is 1. The molecule has 0 saturated carbocycles. The molecule has 0 bridgehead atoms. The SMILES string of the molecule is N#Cc1ccc2oc(C3CCN(CCCCC(N)C(=O)N4CCSC4)CC3)nc2c1. The minimum atomic E-state index is -0.352. The normalized spacial score (nSPS) is 19.3. The predicted octanol–water partition coefficient (Wildman–Crippen LogP) is 2.91. The first kappa shape index (κ1) is 21.2. The van der Waals surface area contributed by atoms with Gasteiger partial charge >= 0.3 is 0 Å². The number of amides is 1. The van der Waals surface area contributed by atoms with E-state index in [0.717, 1.165) is 86.9 Å². The molecule has 1 unspecified atom stereocenters. The van der Waals surface area contributed by atoms with E-state index < -0.39 is 0 Å². The standard InChI is InChI=1S/C22H29N5O2S/c23-14-16-4-5-20-19(13-16)25-21(29-20)17-6-9-26(10-7-17)8-2-1-3-18(24)22(28)27-11-12-30-15-27/h4-5,13,17-18H,1-3,6-12,15,24H2. The van der Waals surface area contributed by atoms with Gasteiger partial charge in [0.2, 0.25) is 5.91 Å². The Labute approximate surface area is 181 Å². The highest BCUT2D eigenvalue weighted by Crippen LogP contribution is 2.30. The summed E-state index contributed by atoms with van der Waals surface area (Å²) >= 11 is 1.80. The van der Waals surface area contributed by atoms with Gasteiger partial charge in [0.25, 0.3) is 0 Å². The van der Waals surface area contributed by atoms with E-state index in [-0.39, 0.29) is 11.9 Å². The molecule has 0 aliphatic carbocycles. The summed E-state index contributed by atoms with van der Waals surface area (Å²) in [6.07, 6.45) is 4.88. The first-order chi connectivity index (χ1) is 14.6. The fourth-order valence-corrected chi connectivity index (χ4v) is 5.19. The highest BCUT2D eigenvalue weighted by molar-refractivity contribution is 7.99. The third-order valence-corrected chi connectivity index (χ3v) is 7.06. The molecule has 160 valence electrons. The molecule has 1 aromatic carbocycles. The molecular weight excluding hydrogens is 398 g/mol. The molecule has 2 aliphatic heterocycles. The number of fused-ring (bicyclic) bond motifs is 1. The first-order valence-corrected chi connectivity index (χ1v) is 11.9. The van der Waals surface area contributed by atoms with Crippen LogP contribution in [0, 0.1) is 11.3 Å². The molecule has 3 heterocycles. The molecule has 1 aromatic heterocycles. The van der Waals surface area contributed by atoms with Crippen molar-refractivity contribution in [3.63, 3.8) is 0 Å². The van der Waals surface area contributed by atoms with Crippen LogP contribution in [0.25, 0.3) is 11.1 Å². The van der Waals surface area contributed by atoms with E-state index in [0.29, 0.717) is 11.5 Å². The Bertz CT molecular complexity index is 910. The third-order valence-electron chi connectivity index (χ3n) is 6.09. The predicted molar refractivity (Wildman–Crippen MR) is 118 cm³/mol. The van der Waals surface area contributed by atoms with E-state index in [4.69, 9.17) is 15.4 Å². The van der Waals surface area contributed by atoms with Crippen LogP contribution in [-0.2, 0) is 4.79 Å². The van der Waals surface area contributed by atoms with Gasteiger partial charge < -0.3 is 20.0 Å². The zero-order chi connectivity index (χ0) is 20.9. The highest BCUT2D eigenvalue weighted by atomic mass is 32.2. The minimum absolute atomic E-state index is 0.112. The van der Waals surface area contributed by atoms with Gasteiger partial charge in [0.05, 0.1) is 23.6 Å². The van der Waals surface area contributed by atoms with Gasteiger partial charge in [-0.15, -0.1) is 11.8 Å². The molecule has 7 nitrogen and oxygen atoms in total. The van der Waals surface area contributed by atoms with E-state index in [2.05, 4.69) is 16.0 Å². The van der Waals surface area contributed by atoms with Gasteiger partial charge in [0, 0.05) is 18.2 Å². The fourth-order valence-electron chi connectivity index (χ4n) is 4.24. The number of unbranched alkanes of at least 4 members (excludes halogenated alkanes) is 1. The Balaban J connectivity index is 1.18. The number of likely N-dealkylation sites (tertiary alicyclic amines) is 1. The Morgan fingerprint density at radius 3 is 2.90 bits per heavy atom. The maximum atomic E-state index is 12.3. The summed E-state index contributed by atoms with van der Waals surface area (Å²) in [6.45, 7) is 3.95. The maximum Gasteiger partial charge on any atom is 0.240 e. The number of rotatable bonds is 7. The van der Waals surface area contributed by atoms with E-state index in [1.165, 1.54) is 0 Å². The second kappa shape index (κ2) is 9.82. The number of nitriles is 1. The lowest BCUT2D eigenvalue weighted by molar-refractivity contribution is -0.131.